The van der Waals surface area contributed by atoms with Crippen molar-refractivity contribution in [1.82, 2.24) is 0 Å². The maximum atomic E-state index is 12.6. The van der Waals surface area contributed by atoms with E-state index in [9.17, 15) is 20.2 Å². The summed E-state index contributed by atoms with van der Waals surface area (Å²) in [6.07, 6.45) is 0. The molecule has 1 aliphatic rings. The van der Waals surface area contributed by atoms with E-state index in [4.69, 9.17) is 26.8 Å². The summed E-state index contributed by atoms with van der Waals surface area (Å²) in [5.74, 6) is -1.01. The largest absolute Gasteiger partial charge is 0.440 e. The molecule has 0 aliphatic carbocycles. The van der Waals surface area contributed by atoms with E-state index in [1.165, 1.54) is 24.3 Å². The molecule has 0 bridgehead atoms. The van der Waals surface area contributed by atoms with E-state index in [0.29, 0.717) is 11.3 Å². The smallest absolute Gasteiger partial charge is 0.345 e. The number of non-ortho nitro benzene ring substituents is 1. The molecule has 1 unspecified atom stereocenters. The molecule has 0 fully saturated rings. The zero-order valence-electron chi connectivity index (χ0n) is 16.6. The summed E-state index contributed by atoms with van der Waals surface area (Å²) < 4.78 is 11.8. The standard InChI is InChI=1S/C23H13BrClN3O5/c24-18-4-2-1-3-14(18)21-15-7-6-13(10-20(15)33-22(27)17(21)11-26)32-23(29)16-9-12(28(30)31)5-8-19(16)25/h1-10,21H,27H2. The number of halogens is 2. The number of nitro benzene ring substituents is 1. The molecule has 0 aromatic heterocycles. The fourth-order valence-corrected chi connectivity index (χ4v) is 4.18. The predicted octanol–water partition coefficient (Wildman–Crippen LogP) is 5.45. The van der Waals surface area contributed by atoms with Crippen molar-refractivity contribution in [2.75, 3.05) is 0 Å². The second-order valence-electron chi connectivity index (χ2n) is 6.96. The van der Waals surface area contributed by atoms with Crippen LogP contribution >= 0.6 is 27.5 Å². The lowest BCUT2D eigenvalue weighted by atomic mass is 9.83. The van der Waals surface area contributed by atoms with Crippen LogP contribution in [0.3, 0.4) is 0 Å². The van der Waals surface area contributed by atoms with Crippen molar-refractivity contribution in [3.05, 3.63) is 108 Å². The van der Waals surface area contributed by atoms with Crippen molar-refractivity contribution < 1.29 is 19.2 Å². The number of benzene rings is 3. The average Bonchev–Trinajstić information content (AvgIpc) is 2.78. The lowest BCUT2D eigenvalue weighted by molar-refractivity contribution is -0.384. The van der Waals surface area contributed by atoms with Crippen LogP contribution in [-0.4, -0.2) is 10.9 Å². The molecule has 2 N–H and O–H groups in total. The highest BCUT2D eigenvalue weighted by Gasteiger charge is 2.32. The highest BCUT2D eigenvalue weighted by Crippen LogP contribution is 2.45. The van der Waals surface area contributed by atoms with Crippen molar-refractivity contribution in [1.29, 1.82) is 5.26 Å². The van der Waals surface area contributed by atoms with Crippen molar-refractivity contribution in [3.8, 4) is 17.6 Å². The number of carbonyl (C=O) groups excluding carboxylic acids is 1. The van der Waals surface area contributed by atoms with Gasteiger partial charge in [0.15, 0.2) is 0 Å². The fraction of sp³-hybridized carbons (Fsp3) is 0.0435. The van der Waals surface area contributed by atoms with Crippen molar-refractivity contribution in [3.63, 3.8) is 0 Å². The third-order valence-corrected chi connectivity index (χ3v) is 6.05. The Labute approximate surface area is 201 Å². The van der Waals surface area contributed by atoms with E-state index in [2.05, 4.69) is 22.0 Å². The van der Waals surface area contributed by atoms with Crippen LogP contribution in [0.1, 0.15) is 27.4 Å². The normalized spacial score (nSPS) is 14.6. The molecule has 3 aromatic carbocycles. The van der Waals surface area contributed by atoms with Crippen LogP contribution in [0, 0.1) is 21.4 Å². The molecule has 0 saturated heterocycles. The van der Waals surface area contributed by atoms with Gasteiger partial charge in [-0.3, -0.25) is 10.1 Å². The molecular weight excluding hydrogens is 514 g/mol. The highest BCUT2D eigenvalue weighted by atomic mass is 79.9. The number of carbonyl (C=O) groups is 1. The Kier molecular flexibility index (Phi) is 6.05. The van der Waals surface area contributed by atoms with Gasteiger partial charge < -0.3 is 15.2 Å². The topological polar surface area (TPSA) is 128 Å². The fourth-order valence-electron chi connectivity index (χ4n) is 3.47. The van der Waals surface area contributed by atoms with Gasteiger partial charge in [-0.25, -0.2) is 4.79 Å². The maximum Gasteiger partial charge on any atom is 0.345 e. The van der Waals surface area contributed by atoms with Gasteiger partial charge in [-0.1, -0.05) is 51.8 Å². The van der Waals surface area contributed by atoms with E-state index in [0.717, 1.165) is 16.1 Å². The minimum absolute atomic E-state index is 0.0136. The predicted molar refractivity (Wildman–Crippen MR) is 123 cm³/mol. The van der Waals surface area contributed by atoms with Gasteiger partial charge in [0.2, 0.25) is 5.88 Å². The van der Waals surface area contributed by atoms with Gasteiger partial charge in [-0.05, 0) is 23.8 Å². The minimum Gasteiger partial charge on any atom is -0.440 e. The van der Waals surface area contributed by atoms with Crippen LogP contribution in [0.4, 0.5) is 5.69 Å². The van der Waals surface area contributed by atoms with Crippen LogP contribution in [0.25, 0.3) is 0 Å². The molecule has 1 atom stereocenters. The van der Waals surface area contributed by atoms with Gasteiger partial charge in [0, 0.05) is 28.2 Å². The first-order valence-electron chi connectivity index (χ1n) is 9.42. The number of allylic oxidation sites excluding steroid dienone is 1. The Bertz CT molecular complexity index is 1380. The van der Waals surface area contributed by atoms with E-state index in [-0.39, 0.29) is 33.5 Å². The average molecular weight is 527 g/mol. The van der Waals surface area contributed by atoms with Gasteiger partial charge in [-0.15, -0.1) is 0 Å². The monoisotopic (exact) mass is 525 g/mol. The summed E-state index contributed by atoms with van der Waals surface area (Å²) in [5.41, 5.74) is 7.30. The lowest BCUT2D eigenvalue weighted by Crippen LogP contribution is -2.21. The Balaban J connectivity index is 1.70. The Morgan fingerprint density at radius 2 is 1.94 bits per heavy atom. The quantitative estimate of drug-likeness (QED) is 0.207. The summed E-state index contributed by atoms with van der Waals surface area (Å²) >= 11 is 9.54. The zero-order valence-corrected chi connectivity index (χ0v) is 19.0. The van der Waals surface area contributed by atoms with Gasteiger partial charge in [0.05, 0.1) is 21.4 Å². The SMILES string of the molecule is N#CC1=C(N)Oc2cc(OC(=O)c3cc([N+](=O)[O-])ccc3Cl)ccc2C1c1ccccc1Br. The lowest BCUT2D eigenvalue weighted by Gasteiger charge is -2.27. The van der Waals surface area contributed by atoms with Crippen LogP contribution < -0.4 is 15.2 Å². The molecule has 1 aliphatic heterocycles. The third-order valence-electron chi connectivity index (χ3n) is 5.00. The number of nitrogens with two attached hydrogens (primary N) is 1. The number of ether oxygens (including phenoxy) is 2. The zero-order chi connectivity index (χ0) is 23.7. The highest BCUT2D eigenvalue weighted by molar-refractivity contribution is 9.10. The van der Waals surface area contributed by atoms with E-state index < -0.39 is 16.8 Å². The summed E-state index contributed by atoms with van der Waals surface area (Å²) in [6, 6.07) is 17.7. The van der Waals surface area contributed by atoms with Gasteiger partial charge >= 0.3 is 5.97 Å². The number of rotatable bonds is 4. The number of nitrogens with zero attached hydrogens (tertiary/aromatic N) is 2. The van der Waals surface area contributed by atoms with Crippen LogP contribution in [-0.2, 0) is 0 Å². The second-order valence-corrected chi connectivity index (χ2v) is 8.22. The Morgan fingerprint density at radius 3 is 2.64 bits per heavy atom. The number of hydrogen-bond donors (Lipinski definition) is 1. The molecule has 1 heterocycles. The van der Waals surface area contributed by atoms with Gasteiger partial charge in [0.25, 0.3) is 5.69 Å². The number of nitro groups is 1. The first-order chi connectivity index (χ1) is 15.8. The Hall–Kier alpha value is -3.87. The summed E-state index contributed by atoms with van der Waals surface area (Å²) in [6.45, 7) is 0. The minimum atomic E-state index is -0.872. The van der Waals surface area contributed by atoms with Crippen LogP contribution in [0.5, 0.6) is 11.5 Å². The van der Waals surface area contributed by atoms with Gasteiger partial charge in [0.1, 0.15) is 23.1 Å². The molecule has 8 nitrogen and oxygen atoms in total. The molecule has 0 amide bonds. The molecule has 0 radical (unpaired) electrons. The summed E-state index contributed by atoms with van der Waals surface area (Å²) in [5, 5.41) is 20.7. The van der Waals surface area contributed by atoms with E-state index in [1.807, 2.05) is 24.3 Å². The molecule has 33 heavy (non-hydrogen) atoms. The molecule has 4 rings (SSSR count). The molecule has 0 saturated carbocycles. The first-order valence-corrected chi connectivity index (χ1v) is 10.6. The van der Waals surface area contributed by atoms with Crippen molar-refractivity contribution in [2.45, 2.75) is 5.92 Å². The summed E-state index contributed by atoms with van der Waals surface area (Å²) in [7, 11) is 0. The molecule has 0 spiro atoms. The maximum absolute atomic E-state index is 12.6. The van der Waals surface area contributed by atoms with Crippen molar-refractivity contribution >= 4 is 39.2 Å². The molecule has 164 valence electrons. The first kappa shape index (κ1) is 22.3. The summed E-state index contributed by atoms with van der Waals surface area (Å²) in [4.78, 5) is 23.0. The third kappa shape index (κ3) is 4.26. The molecule has 10 heteroatoms. The number of esters is 1. The van der Waals surface area contributed by atoms with Crippen LogP contribution in [0.2, 0.25) is 5.02 Å². The van der Waals surface area contributed by atoms with E-state index >= 15 is 0 Å². The number of nitriles is 1. The number of fused-ring (bicyclic) bond motifs is 1. The Morgan fingerprint density at radius 1 is 1.18 bits per heavy atom. The van der Waals surface area contributed by atoms with E-state index in [1.54, 1.807) is 6.07 Å². The van der Waals surface area contributed by atoms with Crippen LogP contribution in [0.15, 0.2) is 76.6 Å². The second kappa shape index (κ2) is 8.94. The molecular formula is C23H13BrClN3O5. The number of hydrogen-bond acceptors (Lipinski definition) is 7. The molecule has 3 aromatic rings. The van der Waals surface area contributed by atoms with Crippen molar-refractivity contribution in [2.24, 2.45) is 5.73 Å². The van der Waals surface area contributed by atoms with Gasteiger partial charge in [-0.2, -0.15) is 5.26 Å².